The molecule has 0 aromatic rings. The first-order valence-electron chi connectivity index (χ1n) is 17.6. The number of hydrogen-bond acceptors (Lipinski definition) is 0. The molecule has 0 unspecified atom stereocenters. The van der Waals surface area contributed by atoms with E-state index in [0.717, 1.165) is 5.92 Å². The van der Waals surface area contributed by atoms with E-state index in [1.54, 1.807) is 0 Å². The summed E-state index contributed by atoms with van der Waals surface area (Å²) < 4.78 is 0. The predicted molar refractivity (Wildman–Crippen MR) is 219 cm³/mol. The fourth-order valence-corrected chi connectivity index (χ4v) is 6.01. The maximum absolute atomic E-state index is 2.34. The molecule has 0 radical (unpaired) electrons. The van der Waals surface area contributed by atoms with Gasteiger partial charge in [0.15, 0.2) is 0 Å². The van der Waals surface area contributed by atoms with Gasteiger partial charge in [-0.05, 0) is 35.0 Å². The summed E-state index contributed by atoms with van der Waals surface area (Å²) in [6.45, 7) is 34.5. The van der Waals surface area contributed by atoms with Gasteiger partial charge in [0.05, 0.1) is 0 Å². The summed E-state index contributed by atoms with van der Waals surface area (Å²) in [7, 11) is 0. The van der Waals surface area contributed by atoms with Crippen LogP contribution >= 0.6 is 0 Å². The van der Waals surface area contributed by atoms with Crippen molar-refractivity contribution in [1.82, 2.24) is 0 Å². The quantitative estimate of drug-likeness (QED) is 0.143. The highest BCUT2D eigenvalue weighted by Crippen LogP contribution is 2.36. The Hall–Kier alpha value is 0. The van der Waals surface area contributed by atoms with Gasteiger partial charge in [-0.15, -0.1) is 0 Å². The van der Waals surface area contributed by atoms with Crippen molar-refractivity contribution < 1.29 is 0 Å². The van der Waals surface area contributed by atoms with Gasteiger partial charge in [0, 0.05) is 0 Å². The zero-order chi connectivity index (χ0) is 29.8. The zero-order valence-corrected chi connectivity index (χ0v) is 29.8. The smallest absolute Gasteiger partial charge is 0.0305 e. The van der Waals surface area contributed by atoms with E-state index in [1.807, 2.05) is 0 Å². The summed E-state index contributed by atoms with van der Waals surface area (Å²) in [5, 5.41) is 0. The Balaban J connectivity index is -0.0000000407. The summed E-state index contributed by atoms with van der Waals surface area (Å²) in [4.78, 5) is 0. The van der Waals surface area contributed by atoms with E-state index < -0.39 is 0 Å². The topological polar surface area (TPSA) is 0 Å². The average Bonchev–Trinajstić information content (AvgIpc) is 2.96. The molecule has 43 heavy (non-hydrogen) atoms. The maximum atomic E-state index is 2.34. The molecule has 0 nitrogen and oxygen atoms in total. The van der Waals surface area contributed by atoms with E-state index in [-0.39, 0.29) is 44.6 Å². The summed E-state index contributed by atoms with van der Waals surface area (Å²) in [6.07, 6.45) is 24.5. The molecule has 278 valence electrons. The van der Waals surface area contributed by atoms with Crippen LogP contribution in [0.15, 0.2) is 0 Å². The van der Waals surface area contributed by atoms with E-state index in [4.69, 9.17) is 0 Å². The maximum Gasteiger partial charge on any atom is -0.0305 e. The van der Waals surface area contributed by atoms with Crippen molar-refractivity contribution in [2.24, 2.45) is 22.2 Å². The van der Waals surface area contributed by atoms with Crippen LogP contribution in [0.25, 0.3) is 0 Å². The van der Waals surface area contributed by atoms with Crippen LogP contribution in [0.3, 0.4) is 0 Å². The Labute approximate surface area is 285 Å². The first-order valence-corrected chi connectivity index (χ1v) is 17.6. The third-order valence-electron chi connectivity index (χ3n) is 11.1. The highest BCUT2D eigenvalue weighted by molar-refractivity contribution is 4.75. The second kappa shape index (κ2) is 46.4. The van der Waals surface area contributed by atoms with Crippen molar-refractivity contribution in [3.63, 3.8) is 0 Å². The number of hydrogen-bond donors (Lipinski definition) is 0. The Bertz CT molecular complexity index is 351. The van der Waals surface area contributed by atoms with Crippen molar-refractivity contribution in [2.75, 3.05) is 0 Å². The molecule has 0 aromatic carbocycles. The van der Waals surface area contributed by atoms with Crippen molar-refractivity contribution in [2.45, 2.75) is 264 Å². The third-order valence-corrected chi connectivity index (χ3v) is 11.1. The van der Waals surface area contributed by atoms with Crippen LogP contribution < -0.4 is 0 Å². The minimum Gasteiger partial charge on any atom is -0.0776 e. The van der Waals surface area contributed by atoms with Gasteiger partial charge in [-0.1, -0.05) is 251 Å². The SMILES string of the molecule is C.C.C.C.C.C.CCC(CC)(CC)CC.CCC(CC)CC.CCCC(CC)(CC)CC.CCCCC(CC)(CC)CC. The summed E-state index contributed by atoms with van der Waals surface area (Å²) in [5.41, 5.74) is 2.02. The van der Waals surface area contributed by atoms with E-state index in [2.05, 4.69) is 104 Å². The highest BCUT2D eigenvalue weighted by Gasteiger charge is 2.23. The molecule has 0 heterocycles. The first kappa shape index (κ1) is 69.7. The fourth-order valence-electron chi connectivity index (χ4n) is 6.01. The number of rotatable bonds is 18. The first-order chi connectivity index (χ1) is 17.6. The lowest BCUT2D eigenvalue weighted by Gasteiger charge is -2.30. The molecule has 0 aliphatic heterocycles. The van der Waals surface area contributed by atoms with Crippen LogP contribution in [0.5, 0.6) is 0 Å². The van der Waals surface area contributed by atoms with E-state index >= 15 is 0 Å². The van der Waals surface area contributed by atoms with Crippen molar-refractivity contribution in [3.8, 4) is 0 Å². The molecule has 0 heteroatoms. The Morgan fingerprint density at radius 1 is 0.302 bits per heavy atom. The Morgan fingerprint density at radius 3 is 0.628 bits per heavy atom. The van der Waals surface area contributed by atoms with Gasteiger partial charge in [0.2, 0.25) is 0 Å². The molecule has 0 aliphatic rings. The van der Waals surface area contributed by atoms with Crippen LogP contribution in [0.4, 0.5) is 0 Å². The summed E-state index contributed by atoms with van der Waals surface area (Å²) >= 11 is 0. The van der Waals surface area contributed by atoms with Crippen LogP contribution in [0, 0.1) is 22.2 Å². The second-order valence-corrected chi connectivity index (χ2v) is 12.0. The lowest BCUT2D eigenvalue weighted by atomic mass is 9.76. The molecular formula is C43H106. The Morgan fingerprint density at radius 2 is 0.535 bits per heavy atom. The molecule has 0 aromatic heterocycles. The normalized spacial score (nSPS) is 10.0. The molecule has 0 rings (SSSR count). The fraction of sp³-hybridized carbons (Fsp3) is 1.00. The molecule has 0 saturated heterocycles. The molecule has 0 fully saturated rings. The van der Waals surface area contributed by atoms with Gasteiger partial charge >= 0.3 is 0 Å². The lowest BCUT2D eigenvalue weighted by Crippen LogP contribution is -2.17. The molecule has 0 aliphatic carbocycles. The van der Waals surface area contributed by atoms with Gasteiger partial charge in [0.25, 0.3) is 0 Å². The van der Waals surface area contributed by atoms with E-state index in [0.29, 0.717) is 16.2 Å². The third kappa shape index (κ3) is 33.2. The molecule has 0 amide bonds. The largest absolute Gasteiger partial charge is 0.0776 e. The minimum atomic E-state index is 0. The van der Waals surface area contributed by atoms with Crippen LogP contribution in [0.1, 0.15) is 264 Å². The van der Waals surface area contributed by atoms with E-state index in [1.165, 1.54) is 116 Å². The van der Waals surface area contributed by atoms with Crippen molar-refractivity contribution in [1.29, 1.82) is 0 Å². The second-order valence-electron chi connectivity index (χ2n) is 12.0. The van der Waals surface area contributed by atoms with Crippen molar-refractivity contribution in [3.05, 3.63) is 0 Å². The molecule has 0 bridgehead atoms. The summed E-state index contributed by atoms with van der Waals surface area (Å²) in [6, 6.07) is 0. The zero-order valence-electron chi connectivity index (χ0n) is 29.8. The van der Waals surface area contributed by atoms with Crippen LogP contribution in [-0.4, -0.2) is 0 Å². The summed E-state index contributed by atoms with van der Waals surface area (Å²) in [5.74, 6) is 0.986. The van der Waals surface area contributed by atoms with Crippen molar-refractivity contribution >= 4 is 0 Å². The predicted octanol–water partition coefficient (Wildman–Crippen LogP) is 18.7. The van der Waals surface area contributed by atoms with Gasteiger partial charge in [-0.2, -0.15) is 0 Å². The Kier molecular flexibility index (Phi) is 75.2. The molecule has 0 N–H and O–H groups in total. The highest BCUT2D eigenvalue weighted by atomic mass is 14.3. The van der Waals surface area contributed by atoms with Crippen LogP contribution in [0.2, 0.25) is 0 Å². The molecule has 0 spiro atoms. The lowest BCUT2D eigenvalue weighted by molar-refractivity contribution is 0.222. The van der Waals surface area contributed by atoms with E-state index in [9.17, 15) is 0 Å². The molecular weight excluding hydrogens is 516 g/mol. The van der Waals surface area contributed by atoms with Gasteiger partial charge in [0.1, 0.15) is 0 Å². The van der Waals surface area contributed by atoms with Gasteiger partial charge < -0.3 is 0 Å². The molecule has 0 atom stereocenters. The average molecular weight is 623 g/mol. The minimum absolute atomic E-state index is 0. The van der Waals surface area contributed by atoms with Crippen LogP contribution in [-0.2, 0) is 0 Å². The molecule has 0 saturated carbocycles. The monoisotopic (exact) mass is 623 g/mol. The standard InChI is InChI=1S/C11H24.C10H22.C9H20.C7H16.6CH4/c1-5-9-10-11(6-2,7-3)8-4;1-5-9-10(6-2,7-3)8-4;1-5-9(6-2,7-3)8-4;1-4-7(5-2)6-3;;;;;;/h5-10H2,1-4H3;5-9H2,1-4H3;5-8H2,1-4H3;7H,4-6H2,1-3H3;6*1H4. The number of unbranched alkanes of at least 4 members (excludes halogenated alkanes) is 1. The van der Waals surface area contributed by atoms with Gasteiger partial charge in [-0.3, -0.25) is 0 Å². The van der Waals surface area contributed by atoms with Gasteiger partial charge in [-0.25, -0.2) is 0 Å².